The second-order valence-corrected chi connectivity index (χ2v) is 4.82. The van der Waals surface area contributed by atoms with Gasteiger partial charge in [0.2, 0.25) is 0 Å². The van der Waals surface area contributed by atoms with Crippen LogP contribution in [0.2, 0.25) is 0 Å². The molecule has 0 N–H and O–H groups in total. The van der Waals surface area contributed by atoms with Gasteiger partial charge in [-0.05, 0) is 29.7 Å². The molecular formula is C17H14N2O2. The molecule has 2 aromatic rings. The van der Waals surface area contributed by atoms with Gasteiger partial charge in [0.25, 0.3) is 11.8 Å². The molecule has 0 saturated carbocycles. The maximum atomic E-state index is 12.4. The van der Waals surface area contributed by atoms with Crippen LogP contribution in [-0.4, -0.2) is 28.2 Å². The highest BCUT2D eigenvalue weighted by Crippen LogP contribution is 2.23. The van der Waals surface area contributed by atoms with E-state index >= 15 is 0 Å². The van der Waals surface area contributed by atoms with Crippen molar-refractivity contribution in [2.45, 2.75) is 6.42 Å². The Morgan fingerprint density at radius 2 is 1.67 bits per heavy atom. The zero-order valence-corrected chi connectivity index (χ0v) is 11.4. The van der Waals surface area contributed by atoms with Crippen molar-refractivity contribution in [3.8, 4) is 0 Å². The van der Waals surface area contributed by atoms with E-state index in [2.05, 4.69) is 4.98 Å². The lowest BCUT2D eigenvalue weighted by atomic mass is 10.1. The zero-order valence-electron chi connectivity index (χ0n) is 11.4. The average Bonchev–Trinajstić information content (AvgIpc) is 2.82. The molecule has 4 heteroatoms. The molecule has 1 aliphatic rings. The van der Waals surface area contributed by atoms with Gasteiger partial charge in [0.05, 0.1) is 5.57 Å². The SMILES string of the molecule is O=C1C=C(c2ccccc2)C(=O)N1CCc1ccncc1. The van der Waals surface area contributed by atoms with Gasteiger partial charge in [0.15, 0.2) is 0 Å². The smallest absolute Gasteiger partial charge is 0.261 e. The number of imide groups is 1. The molecule has 0 spiro atoms. The number of benzene rings is 1. The van der Waals surface area contributed by atoms with Crippen LogP contribution in [0.1, 0.15) is 11.1 Å². The van der Waals surface area contributed by atoms with Gasteiger partial charge in [-0.2, -0.15) is 0 Å². The van der Waals surface area contributed by atoms with E-state index in [1.54, 1.807) is 12.4 Å². The number of amides is 2. The third kappa shape index (κ3) is 2.74. The Morgan fingerprint density at radius 3 is 2.38 bits per heavy atom. The van der Waals surface area contributed by atoms with Gasteiger partial charge in [-0.1, -0.05) is 30.3 Å². The van der Waals surface area contributed by atoms with Crippen LogP contribution in [0.3, 0.4) is 0 Å². The number of carbonyl (C=O) groups is 2. The third-order valence-corrected chi connectivity index (χ3v) is 3.47. The van der Waals surface area contributed by atoms with Crippen molar-refractivity contribution in [1.29, 1.82) is 0 Å². The van der Waals surface area contributed by atoms with E-state index in [4.69, 9.17) is 0 Å². The number of carbonyl (C=O) groups excluding carboxylic acids is 2. The highest BCUT2D eigenvalue weighted by molar-refractivity contribution is 6.33. The maximum Gasteiger partial charge on any atom is 0.261 e. The lowest BCUT2D eigenvalue weighted by molar-refractivity contribution is -0.136. The van der Waals surface area contributed by atoms with E-state index in [1.807, 2.05) is 42.5 Å². The molecule has 0 bridgehead atoms. The van der Waals surface area contributed by atoms with Crippen molar-refractivity contribution in [1.82, 2.24) is 9.88 Å². The first-order valence-electron chi connectivity index (χ1n) is 6.77. The Labute approximate surface area is 122 Å². The van der Waals surface area contributed by atoms with Crippen LogP contribution in [0.4, 0.5) is 0 Å². The second-order valence-electron chi connectivity index (χ2n) is 4.82. The van der Waals surface area contributed by atoms with Gasteiger partial charge in [-0.25, -0.2) is 0 Å². The molecule has 21 heavy (non-hydrogen) atoms. The molecule has 0 aliphatic carbocycles. The summed E-state index contributed by atoms with van der Waals surface area (Å²) in [5, 5.41) is 0. The summed E-state index contributed by atoms with van der Waals surface area (Å²) in [7, 11) is 0. The van der Waals surface area contributed by atoms with Gasteiger partial charge < -0.3 is 0 Å². The largest absolute Gasteiger partial charge is 0.275 e. The highest BCUT2D eigenvalue weighted by Gasteiger charge is 2.31. The normalized spacial score (nSPS) is 14.5. The van der Waals surface area contributed by atoms with Crippen LogP contribution in [0.15, 0.2) is 60.9 Å². The standard InChI is InChI=1S/C17H14N2O2/c20-16-12-15(14-4-2-1-3-5-14)17(21)19(16)11-8-13-6-9-18-10-7-13/h1-7,9-10,12H,8,11H2. The minimum atomic E-state index is -0.243. The van der Waals surface area contributed by atoms with E-state index in [0.717, 1.165) is 11.1 Å². The Morgan fingerprint density at radius 1 is 0.952 bits per heavy atom. The highest BCUT2D eigenvalue weighted by atomic mass is 16.2. The number of aromatic nitrogens is 1. The summed E-state index contributed by atoms with van der Waals surface area (Å²) >= 11 is 0. The second kappa shape index (κ2) is 5.71. The van der Waals surface area contributed by atoms with Crippen LogP contribution in [0.25, 0.3) is 5.57 Å². The van der Waals surface area contributed by atoms with Crippen molar-refractivity contribution in [3.63, 3.8) is 0 Å². The molecule has 2 heterocycles. The van der Waals surface area contributed by atoms with E-state index in [-0.39, 0.29) is 11.8 Å². The lowest BCUT2D eigenvalue weighted by Gasteiger charge is -2.14. The fourth-order valence-electron chi connectivity index (χ4n) is 2.34. The Kier molecular flexibility index (Phi) is 3.60. The summed E-state index contributed by atoms with van der Waals surface area (Å²) in [5.41, 5.74) is 2.30. The summed E-state index contributed by atoms with van der Waals surface area (Å²) in [6.45, 7) is 0.383. The predicted molar refractivity (Wildman–Crippen MR) is 79.1 cm³/mol. The third-order valence-electron chi connectivity index (χ3n) is 3.47. The molecular weight excluding hydrogens is 264 g/mol. The summed E-state index contributed by atoms with van der Waals surface area (Å²) in [4.78, 5) is 29.6. The molecule has 0 fully saturated rings. The monoisotopic (exact) mass is 278 g/mol. The quantitative estimate of drug-likeness (QED) is 0.805. The first kappa shape index (κ1) is 13.2. The van der Waals surface area contributed by atoms with Gasteiger partial charge in [0.1, 0.15) is 0 Å². The van der Waals surface area contributed by atoms with Crippen molar-refractivity contribution in [3.05, 3.63) is 72.1 Å². The van der Waals surface area contributed by atoms with Gasteiger partial charge in [0, 0.05) is 25.0 Å². The fraction of sp³-hybridized carbons (Fsp3) is 0.118. The maximum absolute atomic E-state index is 12.4. The minimum absolute atomic E-state index is 0.222. The molecule has 2 amide bonds. The molecule has 104 valence electrons. The van der Waals surface area contributed by atoms with E-state index < -0.39 is 0 Å². The number of nitrogens with zero attached hydrogens (tertiary/aromatic N) is 2. The van der Waals surface area contributed by atoms with Crippen molar-refractivity contribution in [2.24, 2.45) is 0 Å². The van der Waals surface area contributed by atoms with Crippen molar-refractivity contribution in [2.75, 3.05) is 6.54 Å². The number of hydrogen-bond acceptors (Lipinski definition) is 3. The average molecular weight is 278 g/mol. The van der Waals surface area contributed by atoms with Crippen LogP contribution in [0, 0.1) is 0 Å². The topological polar surface area (TPSA) is 50.3 Å². The van der Waals surface area contributed by atoms with E-state index in [9.17, 15) is 9.59 Å². The number of pyridine rings is 1. The fourth-order valence-corrected chi connectivity index (χ4v) is 2.34. The summed E-state index contributed by atoms with van der Waals surface area (Å²) in [6.07, 6.45) is 5.47. The number of hydrogen-bond donors (Lipinski definition) is 0. The molecule has 0 radical (unpaired) electrons. The molecule has 3 rings (SSSR count). The van der Waals surface area contributed by atoms with Crippen molar-refractivity contribution < 1.29 is 9.59 Å². The van der Waals surface area contributed by atoms with Crippen LogP contribution >= 0.6 is 0 Å². The van der Waals surface area contributed by atoms with Crippen molar-refractivity contribution >= 4 is 17.4 Å². The van der Waals surface area contributed by atoms with Crippen LogP contribution < -0.4 is 0 Å². The Bertz CT molecular complexity index is 693. The molecule has 1 aromatic heterocycles. The van der Waals surface area contributed by atoms with Crippen LogP contribution in [-0.2, 0) is 16.0 Å². The number of rotatable bonds is 4. The molecule has 0 unspecified atom stereocenters. The predicted octanol–water partition coefficient (Wildman–Crippen LogP) is 2.08. The first-order valence-corrected chi connectivity index (χ1v) is 6.77. The van der Waals surface area contributed by atoms with E-state index in [1.165, 1.54) is 11.0 Å². The van der Waals surface area contributed by atoms with Crippen LogP contribution in [0.5, 0.6) is 0 Å². The van der Waals surface area contributed by atoms with E-state index in [0.29, 0.717) is 18.5 Å². The molecule has 4 nitrogen and oxygen atoms in total. The summed E-state index contributed by atoms with van der Waals surface area (Å²) in [5.74, 6) is -0.465. The van der Waals surface area contributed by atoms with Gasteiger partial charge >= 0.3 is 0 Å². The minimum Gasteiger partial charge on any atom is -0.275 e. The Hall–Kier alpha value is -2.75. The molecule has 1 aliphatic heterocycles. The van der Waals surface area contributed by atoms with Gasteiger partial charge in [-0.3, -0.25) is 19.5 Å². The first-order chi connectivity index (χ1) is 10.3. The molecule has 1 aromatic carbocycles. The van der Waals surface area contributed by atoms with Gasteiger partial charge in [-0.15, -0.1) is 0 Å². The molecule has 0 saturated heterocycles. The lowest BCUT2D eigenvalue weighted by Crippen LogP contribution is -2.32. The Balaban J connectivity index is 1.72. The summed E-state index contributed by atoms with van der Waals surface area (Å²) < 4.78 is 0. The summed E-state index contributed by atoms with van der Waals surface area (Å²) in [6, 6.07) is 13.0. The zero-order chi connectivity index (χ0) is 14.7. The molecule has 0 atom stereocenters.